The van der Waals surface area contributed by atoms with E-state index in [4.69, 9.17) is 4.74 Å². The number of thioether (sulfide) groups is 1. The van der Waals surface area contributed by atoms with Gasteiger partial charge in [0.25, 0.3) is 0 Å². The van der Waals surface area contributed by atoms with Crippen LogP contribution in [0.2, 0.25) is 0 Å². The Morgan fingerprint density at radius 1 is 1.11 bits per heavy atom. The number of alkyl halides is 3. The molecule has 0 saturated carbocycles. The Balaban J connectivity index is 3.39. The molecule has 0 aliphatic carbocycles. The van der Waals surface area contributed by atoms with Crippen molar-refractivity contribution in [2.24, 2.45) is 0 Å². The Labute approximate surface area is 111 Å². The van der Waals surface area contributed by atoms with Gasteiger partial charge in [0, 0.05) is 6.42 Å². The van der Waals surface area contributed by atoms with E-state index in [0.29, 0.717) is 18.6 Å². The molecule has 0 amide bonds. The van der Waals surface area contributed by atoms with Gasteiger partial charge in [-0.1, -0.05) is 6.42 Å². The van der Waals surface area contributed by atoms with E-state index < -0.39 is 18.2 Å². The monoisotopic (exact) mass is 286 g/mol. The topological polar surface area (TPSA) is 26.3 Å². The largest absolute Gasteiger partial charge is 0.459 e. The first-order chi connectivity index (χ1) is 8.10. The van der Waals surface area contributed by atoms with Crippen LogP contribution in [0.4, 0.5) is 13.2 Å². The van der Waals surface area contributed by atoms with Gasteiger partial charge in [0.1, 0.15) is 5.60 Å². The predicted molar refractivity (Wildman–Crippen MR) is 67.7 cm³/mol. The standard InChI is InChI=1S/C12H21F3O2S/c1-11(2,3)17-10(16)9-18-8-6-4-5-7-12(13,14)15/h4-9H2,1-3H3. The summed E-state index contributed by atoms with van der Waals surface area (Å²) >= 11 is 1.40. The van der Waals surface area contributed by atoms with E-state index in [2.05, 4.69) is 0 Å². The third-order valence-electron chi connectivity index (χ3n) is 1.89. The predicted octanol–water partition coefficient (Wildman–Crippen LogP) is 4.18. The lowest BCUT2D eigenvalue weighted by Crippen LogP contribution is -2.25. The first-order valence-corrected chi connectivity index (χ1v) is 7.12. The zero-order chi connectivity index (χ0) is 14.2. The lowest BCUT2D eigenvalue weighted by atomic mass is 10.2. The molecule has 0 aromatic rings. The third-order valence-corrected chi connectivity index (χ3v) is 2.91. The number of hydrogen-bond acceptors (Lipinski definition) is 3. The average molecular weight is 286 g/mol. The lowest BCUT2D eigenvalue weighted by molar-refractivity contribution is -0.151. The van der Waals surface area contributed by atoms with E-state index in [9.17, 15) is 18.0 Å². The minimum atomic E-state index is -4.05. The number of rotatable bonds is 7. The molecule has 6 heteroatoms. The number of unbranched alkanes of at least 4 members (excludes halogenated alkanes) is 2. The lowest BCUT2D eigenvalue weighted by Gasteiger charge is -2.19. The van der Waals surface area contributed by atoms with Crippen LogP contribution in [0.5, 0.6) is 0 Å². The van der Waals surface area contributed by atoms with Gasteiger partial charge >= 0.3 is 12.1 Å². The van der Waals surface area contributed by atoms with Crippen molar-refractivity contribution in [3.05, 3.63) is 0 Å². The molecule has 0 aliphatic rings. The highest BCUT2D eigenvalue weighted by Crippen LogP contribution is 2.23. The second-order valence-corrected chi connectivity index (χ2v) is 6.17. The average Bonchev–Trinajstić information content (AvgIpc) is 2.11. The van der Waals surface area contributed by atoms with E-state index in [1.165, 1.54) is 11.8 Å². The summed E-state index contributed by atoms with van der Waals surface area (Å²) in [5, 5.41) is 0. The molecule has 0 radical (unpaired) electrons. The number of carbonyl (C=O) groups is 1. The van der Waals surface area contributed by atoms with Crippen LogP contribution in [-0.4, -0.2) is 29.3 Å². The molecular weight excluding hydrogens is 265 g/mol. The minimum absolute atomic E-state index is 0.163. The first kappa shape index (κ1) is 17.6. The molecule has 0 saturated heterocycles. The number of esters is 1. The second kappa shape index (κ2) is 7.92. The molecule has 0 spiro atoms. The Morgan fingerprint density at radius 2 is 1.72 bits per heavy atom. The SMILES string of the molecule is CC(C)(C)OC(=O)CSCCCCCC(F)(F)F. The van der Waals surface area contributed by atoms with Gasteiger partial charge in [-0.25, -0.2) is 0 Å². The summed E-state index contributed by atoms with van der Waals surface area (Å²) in [6, 6.07) is 0. The molecular formula is C12H21F3O2S. The number of carbonyl (C=O) groups excluding carboxylic acids is 1. The Morgan fingerprint density at radius 3 is 2.22 bits per heavy atom. The van der Waals surface area contributed by atoms with Gasteiger partial charge < -0.3 is 4.74 Å². The molecule has 0 N–H and O–H groups in total. The van der Waals surface area contributed by atoms with Crippen LogP contribution in [-0.2, 0) is 9.53 Å². The quantitative estimate of drug-likeness (QED) is 0.518. The Hall–Kier alpha value is -0.390. The van der Waals surface area contributed by atoms with Crippen LogP contribution in [0, 0.1) is 0 Å². The van der Waals surface area contributed by atoms with Crippen LogP contribution in [0.3, 0.4) is 0 Å². The molecule has 0 aromatic carbocycles. The summed E-state index contributed by atoms with van der Waals surface area (Å²) in [5.41, 5.74) is -0.482. The van der Waals surface area contributed by atoms with Crippen molar-refractivity contribution in [2.75, 3.05) is 11.5 Å². The maximum Gasteiger partial charge on any atom is 0.389 e. The van der Waals surface area contributed by atoms with Gasteiger partial charge in [-0.15, -0.1) is 0 Å². The fraction of sp³-hybridized carbons (Fsp3) is 0.917. The van der Waals surface area contributed by atoms with Gasteiger partial charge in [-0.2, -0.15) is 24.9 Å². The van der Waals surface area contributed by atoms with E-state index >= 15 is 0 Å². The molecule has 0 bridgehead atoms. The summed E-state index contributed by atoms with van der Waals surface area (Å²) < 4.78 is 40.6. The van der Waals surface area contributed by atoms with Crippen LogP contribution in [0.15, 0.2) is 0 Å². The maximum absolute atomic E-state index is 11.8. The van der Waals surface area contributed by atoms with Gasteiger partial charge in [-0.3, -0.25) is 4.79 Å². The van der Waals surface area contributed by atoms with Gasteiger partial charge in [0.15, 0.2) is 0 Å². The summed E-state index contributed by atoms with van der Waals surface area (Å²) in [7, 11) is 0. The van der Waals surface area contributed by atoms with Crippen LogP contribution >= 0.6 is 11.8 Å². The fourth-order valence-electron chi connectivity index (χ4n) is 1.23. The third kappa shape index (κ3) is 13.7. The molecule has 0 heterocycles. The van der Waals surface area contributed by atoms with E-state index in [0.717, 1.165) is 0 Å². The van der Waals surface area contributed by atoms with Crippen LogP contribution < -0.4 is 0 Å². The second-order valence-electron chi connectivity index (χ2n) is 5.06. The number of halogens is 3. The molecule has 0 unspecified atom stereocenters. The summed E-state index contributed by atoms with van der Waals surface area (Å²) in [4.78, 5) is 11.3. The molecule has 18 heavy (non-hydrogen) atoms. The summed E-state index contributed by atoms with van der Waals surface area (Å²) in [5.74, 6) is 0.677. The molecule has 108 valence electrons. The van der Waals surface area contributed by atoms with Crippen LogP contribution in [0.25, 0.3) is 0 Å². The molecule has 0 atom stereocenters. The van der Waals surface area contributed by atoms with Crippen molar-refractivity contribution in [1.29, 1.82) is 0 Å². The van der Waals surface area contributed by atoms with Gasteiger partial charge in [0.05, 0.1) is 5.75 Å². The Bertz CT molecular complexity index is 247. The fourth-order valence-corrected chi connectivity index (χ4v) is 2.01. The van der Waals surface area contributed by atoms with Crippen molar-refractivity contribution in [1.82, 2.24) is 0 Å². The highest BCUT2D eigenvalue weighted by molar-refractivity contribution is 7.99. The number of hydrogen-bond donors (Lipinski definition) is 0. The summed E-state index contributed by atoms with van der Waals surface area (Å²) in [6.07, 6.45) is -3.37. The van der Waals surface area contributed by atoms with Crippen molar-refractivity contribution < 1.29 is 22.7 Å². The van der Waals surface area contributed by atoms with Crippen molar-refractivity contribution in [3.63, 3.8) is 0 Å². The van der Waals surface area contributed by atoms with Gasteiger partial charge in [-0.05, 0) is 39.4 Å². The highest BCUT2D eigenvalue weighted by Gasteiger charge is 2.25. The maximum atomic E-state index is 11.8. The molecule has 0 rings (SSSR count). The zero-order valence-electron chi connectivity index (χ0n) is 11.1. The van der Waals surface area contributed by atoms with E-state index in [1.54, 1.807) is 20.8 Å². The van der Waals surface area contributed by atoms with Crippen molar-refractivity contribution >= 4 is 17.7 Å². The molecule has 2 nitrogen and oxygen atoms in total. The van der Waals surface area contributed by atoms with Crippen molar-refractivity contribution in [2.45, 2.75) is 58.2 Å². The highest BCUT2D eigenvalue weighted by atomic mass is 32.2. The van der Waals surface area contributed by atoms with E-state index in [-0.39, 0.29) is 18.1 Å². The van der Waals surface area contributed by atoms with Gasteiger partial charge in [0.2, 0.25) is 0 Å². The molecule has 0 aliphatic heterocycles. The number of ether oxygens (including phenoxy) is 1. The Kier molecular flexibility index (Phi) is 7.75. The first-order valence-electron chi connectivity index (χ1n) is 5.96. The molecule has 0 fully saturated rings. The summed E-state index contributed by atoms with van der Waals surface area (Å²) in [6.45, 7) is 5.39. The smallest absolute Gasteiger partial charge is 0.389 e. The molecule has 0 aromatic heterocycles. The van der Waals surface area contributed by atoms with Crippen LogP contribution in [0.1, 0.15) is 46.5 Å². The zero-order valence-corrected chi connectivity index (χ0v) is 11.9. The normalized spacial score (nSPS) is 12.6. The van der Waals surface area contributed by atoms with E-state index in [1.807, 2.05) is 0 Å². The van der Waals surface area contributed by atoms with Crippen molar-refractivity contribution in [3.8, 4) is 0 Å². The minimum Gasteiger partial charge on any atom is -0.459 e.